The van der Waals surface area contributed by atoms with E-state index in [0.29, 0.717) is 28.6 Å². The minimum absolute atomic E-state index is 0.188. The van der Waals surface area contributed by atoms with Crippen LogP contribution in [0.25, 0.3) is 11.4 Å². The van der Waals surface area contributed by atoms with Crippen LogP contribution < -0.4 is 10.6 Å². The van der Waals surface area contributed by atoms with Crippen molar-refractivity contribution in [3.8, 4) is 11.4 Å². The number of aliphatic imine (C=N–C) groups is 1. The predicted molar refractivity (Wildman–Crippen MR) is 120 cm³/mol. The van der Waals surface area contributed by atoms with Crippen molar-refractivity contribution >= 4 is 23.5 Å². The average molecular weight is 445 g/mol. The number of carbonyl (C=O) groups is 1. The Balaban J connectivity index is 1.34. The Hall–Kier alpha value is -2.61. The van der Waals surface area contributed by atoms with E-state index in [0.717, 1.165) is 44.5 Å². The summed E-state index contributed by atoms with van der Waals surface area (Å²) in [6.07, 6.45) is 5.36. The van der Waals surface area contributed by atoms with E-state index >= 15 is 0 Å². The smallest absolute Gasteiger partial charge is 0.248 e. The van der Waals surface area contributed by atoms with Gasteiger partial charge in [-0.2, -0.15) is 4.98 Å². The molecule has 1 atom stereocenters. The number of halogens is 1. The van der Waals surface area contributed by atoms with Gasteiger partial charge in [-0.1, -0.05) is 41.7 Å². The standard InChI is InChI=1S/C22H29ClN6O2/c1-2-24-22(26-18-10-11-29(14-18)21(30)15-6-3-4-7-15)25-13-19-27-20(28-31-19)16-8-5-9-17(23)12-16/h5,8-9,12,15,18H,2-4,6-7,10-11,13-14H2,1H3,(H2,24,25,26). The Morgan fingerprint density at radius 2 is 2.16 bits per heavy atom. The molecule has 2 aromatic rings. The molecule has 1 amide bonds. The molecule has 8 nitrogen and oxygen atoms in total. The van der Waals surface area contributed by atoms with Crippen LogP contribution in [0.5, 0.6) is 0 Å². The number of amides is 1. The summed E-state index contributed by atoms with van der Waals surface area (Å²) in [6.45, 7) is 4.55. The number of hydrogen-bond acceptors (Lipinski definition) is 5. The highest BCUT2D eigenvalue weighted by Crippen LogP contribution is 2.28. The number of carbonyl (C=O) groups excluding carboxylic acids is 1. The molecule has 1 aromatic carbocycles. The van der Waals surface area contributed by atoms with Gasteiger partial charge in [-0.25, -0.2) is 4.99 Å². The Morgan fingerprint density at radius 1 is 1.32 bits per heavy atom. The third-order valence-electron chi connectivity index (χ3n) is 5.81. The van der Waals surface area contributed by atoms with Crippen molar-refractivity contribution < 1.29 is 9.32 Å². The largest absolute Gasteiger partial charge is 0.357 e. The number of likely N-dealkylation sites (tertiary alicyclic amines) is 1. The quantitative estimate of drug-likeness (QED) is 0.524. The second-order valence-electron chi connectivity index (χ2n) is 8.11. The van der Waals surface area contributed by atoms with Crippen LogP contribution in [0.4, 0.5) is 0 Å². The molecule has 0 bridgehead atoms. The maximum atomic E-state index is 12.7. The summed E-state index contributed by atoms with van der Waals surface area (Å²) in [5.41, 5.74) is 0.800. The Labute approximate surface area is 187 Å². The van der Waals surface area contributed by atoms with Gasteiger partial charge in [0, 0.05) is 42.2 Å². The number of benzene rings is 1. The average Bonchev–Trinajstić information content (AvgIpc) is 3.54. The fourth-order valence-electron chi connectivity index (χ4n) is 4.23. The molecule has 166 valence electrons. The van der Waals surface area contributed by atoms with Crippen LogP contribution in [-0.4, -0.2) is 52.6 Å². The van der Waals surface area contributed by atoms with Gasteiger partial charge in [-0.3, -0.25) is 4.79 Å². The monoisotopic (exact) mass is 444 g/mol. The lowest BCUT2D eigenvalue weighted by atomic mass is 10.1. The highest BCUT2D eigenvalue weighted by atomic mass is 35.5. The van der Waals surface area contributed by atoms with Gasteiger partial charge in [0.05, 0.1) is 0 Å². The molecule has 2 aliphatic rings. The number of hydrogen-bond donors (Lipinski definition) is 2. The van der Waals surface area contributed by atoms with Crippen LogP contribution in [0.15, 0.2) is 33.8 Å². The maximum absolute atomic E-state index is 12.7. The molecule has 1 unspecified atom stereocenters. The Kier molecular flexibility index (Phi) is 7.06. The van der Waals surface area contributed by atoms with Gasteiger partial charge in [-0.05, 0) is 38.3 Å². The third-order valence-corrected chi connectivity index (χ3v) is 6.05. The van der Waals surface area contributed by atoms with Crippen molar-refractivity contribution in [2.45, 2.75) is 51.6 Å². The predicted octanol–water partition coefficient (Wildman–Crippen LogP) is 3.24. The summed E-state index contributed by atoms with van der Waals surface area (Å²) in [5, 5.41) is 11.3. The van der Waals surface area contributed by atoms with E-state index in [1.807, 2.05) is 24.0 Å². The number of aromatic nitrogens is 2. The number of rotatable bonds is 6. The Morgan fingerprint density at radius 3 is 2.94 bits per heavy atom. The van der Waals surface area contributed by atoms with E-state index in [-0.39, 0.29) is 18.5 Å². The van der Waals surface area contributed by atoms with E-state index in [2.05, 4.69) is 25.8 Å². The third kappa shape index (κ3) is 5.55. The molecule has 1 aromatic heterocycles. The zero-order valence-corrected chi connectivity index (χ0v) is 18.6. The molecule has 1 saturated heterocycles. The molecule has 0 spiro atoms. The normalized spacial score (nSPS) is 19.7. The molecule has 1 aliphatic heterocycles. The molecule has 4 rings (SSSR count). The minimum atomic E-state index is 0.188. The van der Waals surface area contributed by atoms with E-state index in [4.69, 9.17) is 16.1 Å². The number of nitrogens with one attached hydrogen (secondary N) is 2. The second-order valence-corrected chi connectivity index (χ2v) is 8.55. The van der Waals surface area contributed by atoms with Crippen LogP contribution in [0.2, 0.25) is 5.02 Å². The molecule has 31 heavy (non-hydrogen) atoms. The fourth-order valence-corrected chi connectivity index (χ4v) is 4.42. The van der Waals surface area contributed by atoms with Gasteiger partial charge >= 0.3 is 0 Å². The summed E-state index contributed by atoms with van der Waals surface area (Å²) in [5.74, 6) is 2.15. The zero-order valence-electron chi connectivity index (χ0n) is 17.8. The van der Waals surface area contributed by atoms with Gasteiger partial charge in [0.15, 0.2) is 5.96 Å². The molecule has 1 saturated carbocycles. The van der Waals surface area contributed by atoms with Gasteiger partial charge in [0.2, 0.25) is 17.6 Å². The molecule has 2 heterocycles. The summed E-state index contributed by atoms with van der Waals surface area (Å²) in [4.78, 5) is 23.7. The Bertz CT molecular complexity index is 924. The molecule has 2 fully saturated rings. The van der Waals surface area contributed by atoms with Gasteiger partial charge < -0.3 is 20.1 Å². The van der Waals surface area contributed by atoms with Gasteiger partial charge in [-0.15, -0.1) is 0 Å². The molecular weight excluding hydrogens is 416 g/mol. The summed E-state index contributed by atoms with van der Waals surface area (Å²) in [6, 6.07) is 7.52. The molecule has 1 aliphatic carbocycles. The highest BCUT2D eigenvalue weighted by Gasteiger charge is 2.32. The van der Waals surface area contributed by atoms with E-state index in [1.54, 1.807) is 12.1 Å². The summed E-state index contributed by atoms with van der Waals surface area (Å²) >= 11 is 6.04. The van der Waals surface area contributed by atoms with E-state index in [9.17, 15) is 4.79 Å². The number of nitrogens with zero attached hydrogens (tertiary/aromatic N) is 4. The molecular formula is C22H29ClN6O2. The number of guanidine groups is 1. The highest BCUT2D eigenvalue weighted by molar-refractivity contribution is 6.30. The van der Waals surface area contributed by atoms with Crippen molar-refractivity contribution in [2.75, 3.05) is 19.6 Å². The van der Waals surface area contributed by atoms with E-state index < -0.39 is 0 Å². The van der Waals surface area contributed by atoms with Crippen molar-refractivity contribution in [3.05, 3.63) is 35.2 Å². The molecule has 9 heteroatoms. The lowest BCUT2D eigenvalue weighted by Crippen LogP contribution is -2.45. The van der Waals surface area contributed by atoms with Gasteiger partial charge in [0.25, 0.3) is 0 Å². The van der Waals surface area contributed by atoms with Crippen LogP contribution in [0.1, 0.15) is 44.9 Å². The molecule has 0 radical (unpaired) electrons. The first-order valence-electron chi connectivity index (χ1n) is 11.0. The van der Waals surface area contributed by atoms with Crippen LogP contribution in [-0.2, 0) is 11.3 Å². The van der Waals surface area contributed by atoms with Crippen LogP contribution >= 0.6 is 11.6 Å². The second kappa shape index (κ2) is 10.1. The zero-order chi connectivity index (χ0) is 21.6. The summed E-state index contributed by atoms with van der Waals surface area (Å²) in [7, 11) is 0. The lowest BCUT2D eigenvalue weighted by molar-refractivity contribution is -0.134. The van der Waals surface area contributed by atoms with Crippen molar-refractivity contribution in [1.82, 2.24) is 25.7 Å². The lowest BCUT2D eigenvalue weighted by Gasteiger charge is -2.21. The summed E-state index contributed by atoms with van der Waals surface area (Å²) < 4.78 is 5.34. The minimum Gasteiger partial charge on any atom is -0.357 e. The maximum Gasteiger partial charge on any atom is 0.248 e. The molecule has 2 N–H and O–H groups in total. The first-order chi connectivity index (χ1) is 15.1. The van der Waals surface area contributed by atoms with Crippen molar-refractivity contribution in [2.24, 2.45) is 10.9 Å². The first-order valence-corrected chi connectivity index (χ1v) is 11.4. The fraction of sp³-hybridized carbons (Fsp3) is 0.545. The van der Waals surface area contributed by atoms with Crippen molar-refractivity contribution in [1.29, 1.82) is 0 Å². The SMILES string of the molecule is CCNC(=NCc1nc(-c2cccc(Cl)c2)no1)NC1CCN(C(=O)C2CCCC2)C1. The van der Waals surface area contributed by atoms with E-state index in [1.165, 1.54) is 12.8 Å². The first kappa shape index (κ1) is 21.6. The topological polar surface area (TPSA) is 95.7 Å². The van der Waals surface area contributed by atoms with Gasteiger partial charge in [0.1, 0.15) is 6.54 Å². The van der Waals surface area contributed by atoms with Crippen LogP contribution in [0.3, 0.4) is 0 Å². The van der Waals surface area contributed by atoms with Crippen molar-refractivity contribution in [3.63, 3.8) is 0 Å². The van der Waals surface area contributed by atoms with Crippen LogP contribution in [0, 0.1) is 5.92 Å².